The van der Waals surface area contributed by atoms with Gasteiger partial charge in [-0.15, -0.1) is 0 Å². The van der Waals surface area contributed by atoms with E-state index in [1.54, 1.807) is 0 Å². The molecule has 1 amide bonds. The molecule has 0 aliphatic rings. The lowest BCUT2D eigenvalue weighted by Gasteiger charge is -2.18. The van der Waals surface area contributed by atoms with E-state index < -0.39 is 6.10 Å². The Morgan fingerprint density at radius 1 is 1.10 bits per heavy atom. The Morgan fingerprint density at radius 2 is 1.75 bits per heavy atom. The van der Waals surface area contributed by atoms with Crippen molar-refractivity contribution >= 4 is 5.91 Å². The van der Waals surface area contributed by atoms with Gasteiger partial charge in [0.05, 0.1) is 25.4 Å². The molecule has 2 unspecified atom stereocenters. The van der Waals surface area contributed by atoms with E-state index in [0.29, 0.717) is 31.5 Å². The Labute approximate surface area is 123 Å². The van der Waals surface area contributed by atoms with Crippen LogP contribution < -0.4 is 10.6 Å². The maximum atomic E-state index is 11.4. The Balaban J connectivity index is 3.58. The summed E-state index contributed by atoms with van der Waals surface area (Å²) in [6.07, 6.45) is 0.555. The summed E-state index contributed by atoms with van der Waals surface area (Å²) in [4.78, 5) is 11.4. The minimum atomic E-state index is -0.581. The van der Waals surface area contributed by atoms with Crippen molar-refractivity contribution in [3.8, 4) is 0 Å². The fourth-order valence-electron chi connectivity index (χ4n) is 1.80. The van der Waals surface area contributed by atoms with Gasteiger partial charge >= 0.3 is 0 Å². The van der Waals surface area contributed by atoms with Gasteiger partial charge in [0.1, 0.15) is 0 Å². The van der Waals surface area contributed by atoms with Gasteiger partial charge in [0.15, 0.2) is 0 Å². The third-order valence-corrected chi connectivity index (χ3v) is 2.75. The predicted molar refractivity (Wildman–Crippen MR) is 81.6 cm³/mol. The number of rotatable bonds is 11. The van der Waals surface area contributed by atoms with Crippen LogP contribution in [0.4, 0.5) is 0 Å². The molecule has 0 aromatic rings. The maximum Gasteiger partial charge on any atom is 0.233 e. The predicted octanol–water partition coefficient (Wildman–Crippen LogP) is 1.16. The van der Waals surface area contributed by atoms with Crippen molar-refractivity contribution in [1.82, 2.24) is 10.6 Å². The minimum Gasteiger partial charge on any atom is -0.389 e. The Hall–Kier alpha value is -0.650. The third-order valence-electron chi connectivity index (χ3n) is 2.75. The molecule has 20 heavy (non-hydrogen) atoms. The zero-order valence-electron chi connectivity index (χ0n) is 13.6. The average molecular weight is 288 g/mol. The smallest absolute Gasteiger partial charge is 0.233 e. The fourth-order valence-corrected chi connectivity index (χ4v) is 1.80. The second-order valence-electron chi connectivity index (χ2n) is 6.26. The van der Waals surface area contributed by atoms with Gasteiger partial charge in [-0.25, -0.2) is 0 Å². The summed E-state index contributed by atoms with van der Waals surface area (Å²) in [5.41, 5.74) is 0. The molecule has 2 atom stereocenters. The van der Waals surface area contributed by atoms with Crippen LogP contribution in [0.3, 0.4) is 0 Å². The van der Waals surface area contributed by atoms with E-state index in [1.165, 1.54) is 0 Å². The quantitative estimate of drug-likeness (QED) is 0.533. The first kappa shape index (κ1) is 19.4. The van der Waals surface area contributed by atoms with Crippen LogP contribution in [-0.2, 0) is 9.53 Å². The molecule has 0 radical (unpaired) electrons. The molecule has 0 fully saturated rings. The SMILES string of the molecule is CC(C)CNC(=O)CNCC(O)COC(C)CC(C)C. The molecular formula is C15H32N2O3. The van der Waals surface area contributed by atoms with Crippen molar-refractivity contribution in [2.75, 3.05) is 26.2 Å². The summed E-state index contributed by atoms with van der Waals surface area (Å²) in [6.45, 7) is 12.0. The molecule has 0 aliphatic carbocycles. The van der Waals surface area contributed by atoms with Crippen molar-refractivity contribution in [3.63, 3.8) is 0 Å². The molecule has 0 aromatic heterocycles. The summed E-state index contributed by atoms with van der Waals surface area (Å²) in [6, 6.07) is 0. The van der Waals surface area contributed by atoms with Crippen LogP contribution >= 0.6 is 0 Å². The summed E-state index contributed by atoms with van der Waals surface area (Å²) in [5.74, 6) is 0.991. The molecule has 120 valence electrons. The number of nitrogens with one attached hydrogen (secondary N) is 2. The molecule has 0 spiro atoms. The number of amides is 1. The lowest BCUT2D eigenvalue weighted by Crippen LogP contribution is -2.39. The fraction of sp³-hybridized carbons (Fsp3) is 0.933. The highest BCUT2D eigenvalue weighted by molar-refractivity contribution is 5.77. The van der Waals surface area contributed by atoms with Gasteiger partial charge in [-0.05, 0) is 25.2 Å². The molecule has 3 N–H and O–H groups in total. The van der Waals surface area contributed by atoms with Crippen molar-refractivity contribution in [1.29, 1.82) is 0 Å². The highest BCUT2D eigenvalue weighted by Crippen LogP contribution is 2.07. The molecule has 0 bridgehead atoms. The highest BCUT2D eigenvalue weighted by Gasteiger charge is 2.10. The van der Waals surface area contributed by atoms with Gasteiger partial charge in [0.25, 0.3) is 0 Å². The minimum absolute atomic E-state index is 0.0417. The van der Waals surface area contributed by atoms with E-state index in [1.807, 2.05) is 20.8 Å². The second-order valence-corrected chi connectivity index (χ2v) is 6.26. The van der Waals surface area contributed by atoms with E-state index in [2.05, 4.69) is 24.5 Å². The Kier molecular flexibility index (Phi) is 10.7. The van der Waals surface area contributed by atoms with Gasteiger partial charge in [-0.3, -0.25) is 4.79 Å². The molecule has 0 aliphatic heterocycles. The van der Waals surface area contributed by atoms with Crippen molar-refractivity contribution in [2.45, 2.75) is 53.2 Å². The van der Waals surface area contributed by atoms with Crippen molar-refractivity contribution in [2.24, 2.45) is 11.8 Å². The highest BCUT2D eigenvalue weighted by atomic mass is 16.5. The molecule has 0 heterocycles. The average Bonchev–Trinajstić information content (AvgIpc) is 2.33. The molecular weight excluding hydrogens is 256 g/mol. The number of hydrogen-bond donors (Lipinski definition) is 3. The Morgan fingerprint density at radius 3 is 2.30 bits per heavy atom. The lowest BCUT2D eigenvalue weighted by molar-refractivity contribution is -0.120. The first-order valence-corrected chi connectivity index (χ1v) is 7.58. The molecule has 0 rings (SSSR count). The summed E-state index contributed by atoms with van der Waals surface area (Å²) >= 11 is 0. The van der Waals surface area contributed by atoms with E-state index >= 15 is 0 Å². The van der Waals surface area contributed by atoms with Crippen LogP contribution in [0.25, 0.3) is 0 Å². The number of hydrogen-bond acceptors (Lipinski definition) is 4. The van der Waals surface area contributed by atoms with Gasteiger partial charge in [-0.2, -0.15) is 0 Å². The molecule has 5 heteroatoms. The van der Waals surface area contributed by atoms with Crippen LogP contribution in [0.2, 0.25) is 0 Å². The third kappa shape index (κ3) is 12.4. The van der Waals surface area contributed by atoms with Gasteiger partial charge in [0, 0.05) is 13.1 Å². The maximum absolute atomic E-state index is 11.4. The molecule has 0 aromatic carbocycles. The number of carbonyl (C=O) groups is 1. The number of carbonyl (C=O) groups excluding carboxylic acids is 1. The number of aliphatic hydroxyl groups is 1. The summed E-state index contributed by atoms with van der Waals surface area (Å²) in [7, 11) is 0. The summed E-state index contributed by atoms with van der Waals surface area (Å²) in [5, 5.41) is 15.5. The van der Waals surface area contributed by atoms with E-state index in [-0.39, 0.29) is 18.6 Å². The van der Waals surface area contributed by atoms with Gasteiger partial charge in [-0.1, -0.05) is 27.7 Å². The molecule has 0 saturated heterocycles. The zero-order chi connectivity index (χ0) is 15.5. The first-order chi connectivity index (χ1) is 9.31. The largest absolute Gasteiger partial charge is 0.389 e. The van der Waals surface area contributed by atoms with Crippen LogP contribution in [-0.4, -0.2) is 49.5 Å². The second kappa shape index (κ2) is 11.1. The van der Waals surface area contributed by atoms with E-state index in [4.69, 9.17) is 4.74 Å². The monoisotopic (exact) mass is 288 g/mol. The van der Waals surface area contributed by atoms with Gasteiger partial charge in [0.2, 0.25) is 5.91 Å². The summed E-state index contributed by atoms with van der Waals surface area (Å²) < 4.78 is 5.56. The van der Waals surface area contributed by atoms with Crippen LogP contribution in [0, 0.1) is 11.8 Å². The number of aliphatic hydroxyl groups excluding tert-OH is 1. The van der Waals surface area contributed by atoms with Crippen molar-refractivity contribution in [3.05, 3.63) is 0 Å². The van der Waals surface area contributed by atoms with Crippen molar-refractivity contribution < 1.29 is 14.6 Å². The normalized spacial score (nSPS) is 14.6. The zero-order valence-corrected chi connectivity index (χ0v) is 13.6. The first-order valence-electron chi connectivity index (χ1n) is 7.58. The molecule has 0 saturated carbocycles. The standard InChI is InChI=1S/C15H32N2O3/c1-11(2)6-13(5)20-10-14(18)8-16-9-15(19)17-7-12(3)4/h11-14,16,18H,6-10H2,1-5H3,(H,17,19). The van der Waals surface area contributed by atoms with Crippen LogP contribution in [0.5, 0.6) is 0 Å². The Bertz CT molecular complexity index is 258. The lowest BCUT2D eigenvalue weighted by atomic mass is 10.1. The van der Waals surface area contributed by atoms with Crippen LogP contribution in [0.15, 0.2) is 0 Å². The van der Waals surface area contributed by atoms with E-state index in [0.717, 1.165) is 6.42 Å². The topological polar surface area (TPSA) is 70.6 Å². The van der Waals surface area contributed by atoms with Crippen LogP contribution in [0.1, 0.15) is 41.0 Å². The van der Waals surface area contributed by atoms with E-state index in [9.17, 15) is 9.90 Å². The van der Waals surface area contributed by atoms with Gasteiger partial charge < -0.3 is 20.5 Å². The number of ether oxygens (including phenoxy) is 1. The molecule has 5 nitrogen and oxygen atoms in total.